The van der Waals surface area contributed by atoms with E-state index < -0.39 is 11.8 Å². The van der Waals surface area contributed by atoms with Crippen molar-refractivity contribution >= 4 is 23.3 Å². The van der Waals surface area contributed by atoms with Gasteiger partial charge in [-0.1, -0.05) is 30.3 Å². The molecule has 0 radical (unpaired) electrons. The molecule has 0 aromatic heterocycles. The number of hydrogen-bond donors (Lipinski definition) is 2. The second kappa shape index (κ2) is 5.20. The summed E-state index contributed by atoms with van der Waals surface area (Å²) >= 11 is 0. The van der Waals surface area contributed by atoms with Gasteiger partial charge < -0.3 is 11.1 Å². The van der Waals surface area contributed by atoms with Gasteiger partial charge >= 0.3 is 0 Å². The van der Waals surface area contributed by atoms with E-state index in [9.17, 15) is 9.59 Å². The van der Waals surface area contributed by atoms with Gasteiger partial charge in [-0.3, -0.25) is 9.59 Å². The van der Waals surface area contributed by atoms with E-state index in [1.165, 1.54) is 0 Å². The van der Waals surface area contributed by atoms with Crippen molar-refractivity contribution in [3.63, 3.8) is 0 Å². The van der Waals surface area contributed by atoms with Gasteiger partial charge in [-0.25, -0.2) is 0 Å². The summed E-state index contributed by atoms with van der Waals surface area (Å²) < 4.78 is 0. The number of nitrogens with zero attached hydrogens (tertiary/aromatic N) is 1. The third kappa shape index (κ3) is 2.53. The van der Waals surface area contributed by atoms with Crippen LogP contribution < -0.4 is 11.1 Å². The van der Waals surface area contributed by atoms with Gasteiger partial charge in [-0.05, 0) is 29.8 Å². The molecule has 2 amide bonds. The van der Waals surface area contributed by atoms with Gasteiger partial charge in [0.15, 0.2) is 0 Å². The van der Waals surface area contributed by atoms with Crippen LogP contribution in [0.2, 0.25) is 0 Å². The lowest BCUT2D eigenvalue weighted by atomic mass is 9.96. The van der Waals surface area contributed by atoms with Gasteiger partial charge in [0.2, 0.25) is 5.91 Å². The molecule has 3 N–H and O–H groups in total. The molecule has 1 atom stereocenters. The number of carbonyl (C=O) groups excluding carboxylic acids is 2. The highest BCUT2D eigenvalue weighted by Gasteiger charge is 2.33. The number of amidine groups is 1. The normalized spacial score (nSPS) is 18.1. The molecule has 2 aromatic rings. The van der Waals surface area contributed by atoms with Crippen molar-refractivity contribution in [3.05, 3.63) is 65.7 Å². The van der Waals surface area contributed by atoms with Crippen molar-refractivity contribution in [1.82, 2.24) is 5.32 Å². The molecule has 2 aromatic carbocycles. The zero-order valence-corrected chi connectivity index (χ0v) is 11.1. The van der Waals surface area contributed by atoms with Gasteiger partial charge in [0, 0.05) is 11.3 Å². The number of nitrogens with one attached hydrogen (secondary N) is 1. The molecular formula is C16H13N3O2. The van der Waals surface area contributed by atoms with Crippen LogP contribution in [0, 0.1) is 0 Å². The summed E-state index contributed by atoms with van der Waals surface area (Å²) in [5.41, 5.74) is 7.51. The highest BCUT2D eigenvalue weighted by Crippen LogP contribution is 2.21. The van der Waals surface area contributed by atoms with Gasteiger partial charge in [0.1, 0.15) is 11.8 Å². The van der Waals surface area contributed by atoms with E-state index in [2.05, 4.69) is 10.3 Å². The number of nitrogens with two attached hydrogens (primary N) is 1. The minimum atomic E-state index is -0.885. The maximum atomic E-state index is 12.2. The van der Waals surface area contributed by atoms with Gasteiger partial charge in [0.05, 0.1) is 0 Å². The number of carbonyl (C=O) groups is 2. The Labute approximate surface area is 121 Å². The highest BCUT2D eigenvalue weighted by atomic mass is 16.2. The maximum Gasteiger partial charge on any atom is 0.264 e. The summed E-state index contributed by atoms with van der Waals surface area (Å²) in [5, 5.41) is 2.68. The van der Waals surface area contributed by atoms with Crippen molar-refractivity contribution in [2.45, 2.75) is 5.92 Å². The van der Waals surface area contributed by atoms with Crippen molar-refractivity contribution in [1.29, 1.82) is 0 Å². The molecule has 104 valence electrons. The van der Waals surface area contributed by atoms with Crippen LogP contribution in [0.4, 0.5) is 5.69 Å². The number of rotatable bonds is 2. The zero-order valence-electron chi connectivity index (χ0n) is 11.1. The summed E-state index contributed by atoms with van der Waals surface area (Å²) in [6, 6.07) is 15.7. The Morgan fingerprint density at radius 3 is 2.24 bits per heavy atom. The zero-order chi connectivity index (χ0) is 14.8. The van der Waals surface area contributed by atoms with E-state index >= 15 is 0 Å². The lowest BCUT2D eigenvalue weighted by molar-refractivity contribution is -0.129. The van der Waals surface area contributed by atoms with Crippen LogP contribution in [0.3, 0.4) is 0 Å². The van der Waals surface area contributed by atoms with Crippen LogP contribution >= 0.6 is 0 Å². The molecule has 1 unspecified atom stereocenters. The Bertz CT molecular complexity index is 721. The average Bonchev–Trinajstić information content (AvgIpc) is 2.48. The van der Waals surface area contributed by atoms with Crippen LogP contribution in [-0.4, -0.2) is 17.6 Å². The quantitative estimate of drug-likeness (QED) is 0.644. The van der Waals surface area contributed by atoms with Gasteiger partial charge in [-0.2, -0.15) is 4.99 Å². The van der Waals surface area contributed by atoms with Crippen LogP contribution in [0.25, 0.3) is 0 Å². The molecular weight excluding hydrogens is 266 g/mol. The standard InChI is InChI=1S/C16H13N3O2/c17-12-8-6-11(7-9-12)14-18-15(20)13(16(21)19-14)10-4-2-1-3-5-10/h1-9,13H,17H2,(H,18,19,20,21). The predicted octanol–water partition coefficient (Wildman–Crippen LogP) is 1.46. The second-order valence-electron chi connectivity index (χ2n) is 4.75. The SMILES string of the molecule is Nc1ccc(C2=NC(=O)C(c3ccccc3)C(=O)N2)cc1. The Balaban J connectivity index is 1.94. The van der Waals surface area contributed by atoms with E-state index in [1.807, 2.05) is 6.07 Å². The lowest BCUT2D eigenvalue weighted by Gasteiger charge is -2.20. The molecule has 21 heavy (non-hydrogen) atoms. The molecule has 1 aliphatic rings. The minimum Gasteiger partial charge on any atom is -0.399 e. The fourth-order valence-corrected chi connectivity index (χ4v) is 2.22. The summed E-state index contributed by atoms with van der Waals surface area (Å²) in [6.45, 7) is 0. The number of anilines is 1. The highest BCUT2D eigenvalue weighted by molar-refractivity contribution is 6.23. The molecule has 5 heteroatoms. The first kappa shape index (κ1) is 13.1. The molecule has 0 saturated heterocycles. The maximum absolute atomic E-state index is 12.2. The summed E-state index contributed by atoms with van der Waals surface area (Å²) in [7, 11) is 0. The lowest BCUT2D eigenvalue weighted by Crippen LogP contribution is -2.43. The molecule has 1 aliphatic heterocycles. The van der Waals surface area contributed by atoms with Crippen LogP contribution in [0.15, 0.2) is 59.6 Å². The van der Waals surface area contributed by atoms with Crippen molar-refractivity contribution in [2.75, 3.05) is 5.73 Å². The Morgan fingerprint density at radius 1 is 0.952 bits per heavy atom. The first-order chi connectivity index (χ1) is 10.1. The van der Waals surface area contributed by atoms with Gasteiger partial charge in [0.25, 0.3) is 5.91 Å². The molecule has 1 heterocycles. The number of amides is 2. The number of aliphatic imine (C=N–C) groups is 1. The molecule has 5 nitrogen and oxygen atoms in total. The molecule has 3 rings (SSSR count). The molecule has 0 bridgehead atoms. The monoisotopic (exact) mass is 279 g/mol. The summed E-state index contributed by atoms with van der Waals surface area (Å²) in [5.74, 6) is -1.45. The number of hydrogen-bond acceptors (Lipinski definition) is 3. The largest absolute Gasteiger partial charge is 0.399 e. The number of benzene rings is 2. The topological polar surface area (TPSA) is 84.5 Å². The second-order valence-corrected chi connectivity index (χ2v) is 4.75. The summed E-state index contributed by atoms with van der Waals surface area (Å²) in [4.78, 5) is 28.4. The third-order valence-corrected chi connectivity index (χ3v) is 3.29. The van der Waals surface area contributed by atoms with Crippen molar-refractivity contribution in [2.24, 2.45) is 4.99 Å². The molecule has 0 saturated carbocycles. The first-order valence-electron chi connectivity index (χ1n) is 6.49. The van der Waals surface area contributed by atoms with Crippen LogP contribution in [0.5, 0.6) is 0 Å². The Morgan fingerprint density at radius 2 is 1.62 bits per heavy atom. The fourth-order valence-electron chi connectivity index (χ4n) is 2.22. The summed E-state index contributed by atoms with van der Waals surface area (Å²) in [6.07, 6.45) is 0. The minimum absolute atomic E-state index is 0.261. The van der Waals surface area contributed by atoms with E-state index in [1.54, 1.807) is 48.5 Å². The molecule has 0 spiro atoms. The van der Waals surface area contributed by atoms with E-state index in [4.69, 9.17) is 5.73 Å². The third-order valence-electron chi connectivity index (χ3n) is 3.29. The van der Waals surface area contributed by atoms with Crippen LogP contribution in [-0.2, 0) is 9.59 Å². The van der Waals surface area contributed by atoms with E-state index in [0.29, 0.717) is 16.8 Å². The van der Waals surface area contributed by atoms with Crippen LogP contribution in [0.1, 0.15) is 17.0 Å². The predicted molar refractivity (Wildman–Crippen MR) is 79.7 cm³/mol. The Kier molecular flexibility index (Phi) is 3.23. The van der Waals surface area contributed by atoms with Crippen molar-refractivity contribution in [3.8, 4) is 0 Å². The molecule has 0 fully saturated rings. The first-order valence-corrected chi connectivity index (χ1v) is 6.49. The molecule has 0 aliphatic carbocycles. The van der Waals surface area contributed by atoms with Crippen molar-refractivity contribution < 1.29 is 9.59 Å². The van der Waals surface area contributed by atoms with E-state index in [-0.39, 0.29) is 11.7 Å². The Hall–Kier alpha value is -2.95. The number of nitrogen functional groups attached to an aromatic ring is 1. The average molecular weight is 279 g/mol. The smallest absolute Gasteiger partial charge is 0.264 e. The van der Waals surface area contributed by atoms with E-state index in [0.717, 1.165) is 0 Å². The fraction of sp³-hybridized carbons (Fsp3) is 0.0625. The van der Waals surface area contributed by atoms with Gasteiger partial charge in [-0.15, -0.1) is 0 Å².